The van der Waals surface area contributed by atoms with Crippen molar-refractivity contribution >= 4 is 24.1 Å². The average molecular weight is 327 g/mol. The third kappa shape index (κ3) is 3.52. The fourth-order valence-electron chi connectivity index (χ4n) is 1.95. The van der Waals surface area contributed by atoms with Crippen molar-refractivity contribution in [2.75, 3.05) is 6.61 Å². The van der Waals surface area contributed by atoms with Crippen molar-refractivity contribution in [1.29, 1.82) is 0 Å². The summed E-state index contributed by atoms with van der Waals surface area (Å²) >= 11 is 0. The Balaban J connectivity index is 1.74. The minimum absolute atomic E-state index is 0.124. The number of esters is 1. The molecule has 1 aromatic carbocycles. The molecule has 7 heteroatoms. The molecule has 0 fully saturated rings. The van der Waals surface area contributed by atoms with Crippen LogP contribution in [0.3, 0.4) is 0 Å². The van der Waals surface area contributed by atoms with Gasteiger partial charge in [-0.15, -0.1) is 0 Å². The van der Waals surface area contributed by atoms with E-state index in [2.05, 4.69) is 9.73 Å². The van der Waals surface area contributed by atoms with E-state index in [0.717, 1.165) is 0 Å². The van der Waals surface area contributed by atoms with Crippen molar-refractivity contribution < 1.29 is 28.2 Å². The molecule has 0 N–H and O–H groups in total. The molecule has 0 aliphatic carbocycles. The summed E-state index contributed by atoms with van der Waals surface area (Å²) in [6.45, 7) is 1.93. The zero-order valence-corrected chi connectivity index (χ0v) is 12.7. The first-order valence-electron chi connectivity index (χ1n) is 7.17. The molecule has 0 amide bonds. The maximum absolute atomic E-state index is 11.8. The van der Waals surface area contributed by atoms with Gasteiger partial charge in [0.15, 0.2) is 11.5 Å². The predicted molar refractivity (Wildman–Crippen MR) is 83.4 cm³/mol. The van der Waals surface area contributed by atoms with Crippen molar-refractivity contribution in [1.82, 2.24) is 0 Å². The summed E-state index contributed by atoms with van der Waals surface area (Å²) in [5.74, 6) is 0.279. The van der Waals surface area contributed by atoms with Crippen molar-refractivity contribution in [2.24, 2.45) is 4.99 Å². The number of nitrogens with zero attached hydrogens (tertiary/aromatic N) is 1. The van der Waals surface area contributed by atoms with E-state index in [1.807, 2.05) is 0 Å². The second kappa shape index (κ2) is 6.82. The molecule has 7 nitrogen and oxygen atoms in total. The molecule has 0 unspecified atom stereocenters. The maximum atomic E-state index is 11.8. The van der Waals surface area contributed by atoms with Crippen LogP contribution in [0.5, 0.6) is 5.75 Å². The summed E-state index contributed by atoms with van der Waals surface area (Å²) in [7, 11) is 0. The van der Waals surface area contributed by atoms with E-state index >= 15 is 0 Å². The molecular formula is C17H13NO6. The van der Waals surface area contributed by atoms with E-state index in [4.69, 9.17) is 13.9 Å². The van der Waals surface area contributed by atoms with Crippen molar-refractivity contribution in [3.05, 3.63) is 59.7 Å². The second-order valence-corrected chi connectivity index (χ2v) is 4.67. The Labute approximate surface area is 137 Å². The second-order valence-electron chi connectivity index (χ2n) is 4.67. The number of aliphatic imine (C=N–C) groups is 1. The summed E-state index contributed by atoms with van der Waals surface area (Å²) in [5, 5.41) is 0. The summed E-state index contributed by atoms with van der Waals surface area (Å²) in [6, 6.07) is 9.85. The monoisotopic (exact) mass is 327 g/mol. The van der Waals surface area contributed by atoms with Gasteiger partial charge in [-0.05, 0) is 42.8 Å². The van der Waals surface area contributed by atoms with E-state index < -0.39 is 12.1 Å². The van der Waals surface area contributed by atoms with E-state index in [9.17, 15) is 9.59 Å². The Hall–Kier alpha value is -3.35. The third-order valence-electron chi connectivity index (χ3n) is 3.00. The van der Waals surface area contributed by atoms with Crippen molar-refractivity contribution in [3.8, 4) is 5.75 Å². The molecule has 0 spiro atoms. The SMILES string of the molecule is CCOC(=O)Oc1ccc(/C=C2/N=C(c3ccco3)OC2=O)cc1. The first kappa shape index (κ1) is 15.5. The smallest absolute Gasteiger partial charge is 0.459 e. The zero-order valence-electron chi connectivity index (χ0n) is 12.7. The van der Waals surface area contributed by atoms with Gasteiger partial charge < -0.3 is 18.6 Å². The minimum Gasteiger partial charge on any atom is -0.459 e. The molecule has 24 heavy (non-hydrogen) atoms. The predicted octanol–water partition coefficient (Wildman–Crippen LogP) is 3.16. The third-order valence-corrected chi connectivity index (χ3v) is 3.00. The highest BCUT2D eigenvalue weighted by Gasteiger charge is 2.25. The molecule has 0 bridgehead atoms. The van der Waals surface area contributed by atoms with Gasteiger partial charge in [-0.3, -0.25) is 0 Å². The lowest BCUT2D eigenvalue weighted by molar-refractivity contribution is -0.130. The standard InChI is InChI=1S/C17H13NO6/c1-2-21-17(20)23-12-7-5-11(6-8-12)10-13-16(19)24-15(18-13)14-4-3-9-22-14/h3-10H,2H2,1H3/b13-10+. The van der Waals surface area contributed by atoms with Crippen LogP contribution in [0.4, 0.5) is 4.79 Å². The Morgan fingerprint density at radius 2 is 2.04 bits per heavy atom. The van der Waals surface area contributed by atoms with E-state index in [1.54, 1.807) is 49.4 Å². The molecule has 1 aliphatic heterocycles. The molecule has 122 valence electrons. The number of rotatable bonds is 4. The van der Waals surface area contributed by atoms with Crippen molar-refractivity contribution in [3.63, 3.8) is 0 Å². The summed E-state index contributed by atoms with van der Waals surface area (Å²) in [5.41, 5.74) is 0.850. The number of furan rings is 1. The maximum Gasteiger partial charge on any atom is 0.513 e. The van der Waals surface area contributed by atoms with Crippen LogP contribution in [0.2, 0.25) is 0 Å². The fraction of sp³-hybridized carbons (Fsp3) is 0.118. The van der Waals surface area contributed by atoms with E-state index in [0.29, 0.717) is 17.1 Å². The van der Waals surface area contributed by atoms with Gasteiger partial charge in [-0.25, -0.2) is 14.6 Å². The van der Waals surface area contributed by atoms with Gasteiger partial charge in [-0.2, -0.15) is 0 Å². The first-order chi connectivity index (χ1) is 11.7. The molecular weight excluding hydrogens is 314 g/mol. The summed E-state index contributed by atoms with van der Waals surface area (Å²) in [6.07, 6.45) is 2.26. The minimum atomic E-state index is -0.768. The lowest BCUT2D eigenvalue weighted by Gasteiger charge is -2.03. The van der Waals surface area contributed by atoms with Crippen molar-refractivity contribution in [2.45, 2.75) is 6.92 Å². The highest BCUT2D eigenvalue weighted by Crippen LogP contribution is 2.20. The Morgan fingerprint density at radius 1 is 1.25 bits per heavy atom. The summed E-state index contributed by atoms with van der Waals surface area (Å²) in [4.78, 5) is 27.2. The van der Waals surface area contributed by atoms with Gasteiger partial charge >= 0.3 is 12.1 Å². The van der Waals surface area contributed by atoms with E-state index in [1.165, 1.54) is 6.26 Å². The Morgan fingerprint density at radius 3 is 2.71 bits per heavy atom. The zero-order chi connectivity index (χ0) is 16.9. The number of benzene rings is 1. The topological polar surface area (TPSA) is 87.3 Å². The number of carbonyl (C=O) groups is 2. The van der Waals surface area contributed by atoms with Crippen LogP contribution in [0.25, 0.3) is 6.08 Å². The number of ether oxygens (including phenoxy) is 3. The Kier molecular flexibility index (Phi) is 4.42. The first-order valence-corrected chi connectivity index (χ1v) is 7.17. The highest BCUT2D eigenvalue weighted by atomic mass is 16.7. The van der Waals surface area contributed by atoms with Crippen LogP contribution in [0, 0.1) is 0 Å². The number of hydrogen-bond acceptors (Lipinski definition) is 7. The van der Waals surface area contributed by atoms with Gasteiger partial charge in [0.25, 0.3) is 5.90 Å². The summed E-state index contributed by atoms with van der Waals surface area (Å²) < 4.78 is 19.8. The molecule has 0 atom stereocenters. The lowest BCUT2D eigenvalue weighted by Crippen LogP contribution is -2.09. The van der Waals surface area contributed by atoms with Crippen LogP contribution in [-0.2, 0) is 14.3 Å². The molecule has 1 aromatic heterocycles. The normalized spacial score (nSPS) is 15.1. The number of cyclic esters (lactones) is 1. The van der Waals surface area contributed by atoms with Crippen LogP contribution in [0.1, 0.15) is 18.2 Å². The van der Waals surface area contributed by atoms with Crippen LogP contribution >= 0.6 is 0 Å². The molecule has 0 saturated heterocycles. The fourth-order valence-corrected chi connectivity index (χ4v) is 1.95. The lowest BCUT2D eigenvalue weighted by atomic mass is 10.2. The number of hydrogen-bond donors (Lipinski definition) is 0. The van der Waals surface area contributed by atoms with Crippen LogP contribution in [0.15, 0.2) is 57.8 Å². The van der Waals surface area contributed by atoms with Gasteiger partial charge in [-0.1, -0.05) is 12.1 Å². The number of carbonyl (C=O) groups excluding carboxylic acids is 2. The highest BCUT2D eigenvalue weighted by molar-refractivity contribution is 6.11. The molecule has 0 saturated carbocycles. The van der Waals surface area contributed by atoms with Gasteiger partial charge in [0.2, 0.25) is 0 Å². The molecule has 3 rings (SSSR count). The Bertz CT molecular complexity index is 802. The molecule has 0 radical (unpaired) electrons. The quantitative estimate of drug-likeness (QED) is 0.487. The largest absolute Gasteiger partial charge is 0.513 e. The van der Waals surface area contributed by atoms with Crippen LogP contribution in [-0.4, -0.2) is 24.6 Å². The molecule has 2 heterocycles. The average Bonchev–Trinajstić information content (AvgIpc) is 3.20. The van der Waals surface area contributed by atoms with Crippen LogP contribution < -0.4 is 4.74 Å². The molecule has 1 aliphatic rings. The molecule has 2 aromatic rings. The van der Waals surface area contributed by atoms with E-state index in [-0.39, 0.29) is 18.2 Å². The van der Waals surface area contributed by atoms with Gasteiger partial charge in [0.05, 0.1) is 12.9 Å². The van der Waals surface area contributed by atoms with Gasteiger partial charge in [0, 0.05) is 0 Å². The van der Waals surface area contributed by atoms with Gasteiger partial charge in [0.1, 0.15) is 5.75 Å².